The van der Waals surface area contributed by atoms with E-state index in [0.29, 0.717) is 13.0 Å². The predicted molar refractivity (Wildman–Crippen MR) is 140 cm³/mol. The molecule has 1 heterocycles. The van der Waals surface area contributed by atoms with E-state index in [2.05, 4.69) is 44.5 Å². The van der Waals surface area contributed by atoms with Gasteiger partial charge in [0.2, 0.25) is 0 Å². The van der Waals surface area contributed by atoms with Gasteiger partial charge in [-0.3, -0.25) is 0 Å². The van der Waals surface area contributed by atoms with E-state index in [4.69, 9.17) is 24.1 Å². The fourth-order valence-electron chi connectivity index (χ4n) is 4.38. The van der Waals surface area contributed by atoms with Crippen molar-refractivity contribution in [2.45, 2.75) is 104 Å². The number of aliphatic hydroxyl groups excluding tert-OH is 1. The molecule has 1 fully saturated rings. The first kappa shape index (κ1) is 29.2. The van der Waals surface area contributed by atoms with Crippen LogP contribution in [-0.2, 0) is 20.8 Å². The summed E-state index contributed by atoms with van der Waals surface area (Å²) in [6.07, 6.45) is 4.73. The summed E-state index contributed by atoms with van der Waals surface area (Å²) >= 11 is 0. The van der Waals surface area contributed by atoms with Gasteiger partial charge in [0.1, 0.15) is 18.5 Å². The molecule has 0 spiro atoms. The van der Waals surface area contributed by atoms with Gasteiger partial charge in [-0.2, -0.15) is 0 Å². The third-order valence-electron chi connectivity index (χ3n) is 6.42. The van der Waals surface area contributed by atoms with Crippen LogP contribution >= 0.6 is 0 Å². The molecule has 0 aromatic heterocycles. The van der Waals surface area contributed by atoms with Gasteiger partial charge in [0.25, 0.3) is 0 Å². The van der Waals surface area contributed by atoms with Crippen molar-refractivity contribution in [3.63, 3.8) is 0 Å². The monoisotopic (exact) mass is 484 g/mol. The zero-order valence-electron chi connectivity index (χ0n) is 22.6. The van der Waals surface area contributed by atoms with Crippen molar-refractivity contribution in [1.82, 2.24) is 0 Å². The average molecular weight is 485 g/mol. The van der Waals surface area contributed by atoms with Crippen molar-refractivity contribution in [1.29, 1.82) is 0 Å². The topological polar surface area (TPSA) is 57.2 Å². The first-order valence-corrected chi connectivity index (χ1v) is 12.8. The molecule has 0 bridgehead atoms. The second kappa shape index (κ2) is 13.9. The Morgan fingerprint density at radius 3 is 2.40 bits per heavy atom. The van der Waals surface area contributed by atoms with Crippen LogP contribution in [0.5, 0.6) is 5.75 Å². The zero-order valence-corrected chi connectivity index (χ0v) is 22.6. The molecule has 4 atom stereocenters. The number of aliphatic hydroxyl groups is 1. The van der Waals surface area contributed by atoms with Crippen LogP contribution in [-0.4, -0.2) is 42.9 Å². The highest BCUT2D eigenvalue weighted by molar-refractivity contribution is 5.26. The first-order chi connectivity index (χ1) is 16.6. The minimum Gasteiger partial charge on any atom is -0.497 e. The number of rotatable bonds is 10. The second-order valence-corrected chi connectivity index (χ2v) is 10.3. The molecule has 35 heavy (non-hydrogen) atoms. The van der Waals surface area contributed by atoms with Crippen LogP contribution in [0.1, 0.15) is 79.2 Å². The summed E-state index contributed by atoms with van der Waals surface area (Å²) in [6, 6.07) is 7.99. The van der Waals surface area contributed by atoms with Gasteiger partial charge in [-0.15, -0.1) is 0 Å². The number of hydrogen-bond donors (Lipinski definition) is 1. The summed E-state index contributed by atoms with van der Waals surface area (Å²) < 4.78 is 24.1. The van der Waals surface area contributed by atoms with Crippen LogP contribution in [0.2, 0.25) is 0 Å². The molecule has 1 N–H and O–H groups in total. The number of benzene rings is 1. The fraction of sp³-hybridized carbons (Fsp3) is 0.667. The van der Waals surface area contributed by atoms with Gasteiger partial charge >= 0.3 is 0 Å². The molecule has 1 saturated heterocycles. The van der Waals surface area contributed by atoms with Crippen molar-refractivity contribution in [2.75, 3.05) is 13.7 Å². The fourth-order valence-corrected chi connectivity index (χ4v) is 4.38. The third-order valence-corrected chi connectivity index (χ3v) is 6.42. The lowest BCUT2D eigenvalue weighted by Crippen LogP contribution is -2.57. The molecule has 5 nitrogen and oxygen atoms in total. The second-order valence-electron chi connectivity index (χ2n) is 10.3. The molecule has 1 aromatic rings. The standard InChI is InChI=1S/C30H44O5/c1-8-9-10-14-26(33-22-24-17-19-25(32-7)20-18-24)15-11-16-27-29(3,4)28(23(2)13-12-21-31)35-30(5,6)34-27/h17-20,23,26-28,31H,8-10,14-15,21-22H2,1-7H3/t23-,26+,27+,28-/m0/s1. The lowest BCUT2D eigenvalue weighted by Gasteiger charge is -2.50. The Labute approximate surface area is 212 Å². The molecular weight excluding hydrogens is 440 g/mol. The number of ether oxygens (including phenoxy) is 4. The lowest BCUT2D eigenvalue weighted by molar-refractivity contribution is -0.334. The van der Waals surface area contributed by atoms with Crippen molar-refractivity contribution in [2.24, 2.45) is 11.3 Å². The molecule has 0 saturated carbocycles. The summed E-state index contributed by atoms with van der Waals surface area (Å²) in [4.78, 5) is 0. The lowest BCUT2D eigenvalue weighted by atomic mass is 9.74. The molecule has 1 aromatic carbocycles. The van der Waals surface area contributed by atoms with Crippen molar-refractivity contribution < 1.29 is 24.1 Å². The molecule has 194 valence electrons. The summed E-state index contributed by atoms with van der Waals surface area (Å²) in [5.41, 5.74) is 0.754. The predicted octanol–water partition coefficient (Wildman–Crippen LogP) is 5.73. The van der Waals surface area contributed by atoms with Gasteiger partial charge in [0.15, 0.2) is 5.79 Å². The first-order valence-electron chi connectivity index (χ1n) is 12.8. The molecule has 2 rings (SSSR count). The molecular formula is C30H44O5. The molecule has 5 heteroatoms. The van der Waals surface area contributed by atoms with Crippen LogP contribution in [0.25, 0.3) is 0 Å². The maximum absolute atomic E-state index is 9.10. The third kappa shape index (κ3) is 9.17. The highest BCUT2D eigenvalue weighted by Crippen LogP contribution is 2.42. The average Bonchev–Trinajstić information content (AvgIpc) is 2.83. The molecule has 1 aliphatic rings. The van der Waals surface area contributed by atoms with E-state index < -0.39 is 5.79 Å². The Balaban J connectivity index is 2.10. The molecule has 0 unspecified atom stereocenters. The van der Waals surface area contributed by atoms with Gasteiger partial charge in [0, 0.05) is 17.8 Å². The molecule has 1 aliphatic heterocycles. The summed E-state index contributed by atoms with van der Waals surface area (Å²) in [6.45, 7) is 12.7. The van der Waals surface area contributed by atoms with Crippen molar-refractivity contribution >= 4 is 0 Å². The van der Waals surface area contributed by atoms with E-state index in [-0.39, 0.29) is 36.3 Å². The maximum atomic E-state index is 9.10. The highest BCUT2D eigenvalue weighted by atomic mass is 16.7. The van der Waals surface area contributed by atoms with Crippen molar-refractivity contribution in [3.8, 4) is 29.4 Å². The van der Waals surface area contributed by atoms with Gasteiger partial charge in [-0.25, -0.2) is 0 Å². The molecule has 0 aliphatic carbocycles. The minimum absolute atomic E-state index is 0.0563. The van der Waals surface area contributed by atoms with E-state index in [9.17, 15) is 0 Å². The summed E-state index contributed by atoms with van der Waals surface area (Å²) in [7, 11) is 1.67. The summed E-state index contributed by atoms with van der Waals surface area (Å²) in [5, 5.41) is 9.10. The Kier molecular flexibility index (Phi) is 11.6. The zero-order chi connectivity index (χ0) is 25.9. The smallest absolute Gasteiger partial charge is 0.164 e. The quantitative estimate of drug-likeness (QED) is 0.339. The van der Waals surface area contributed by atoms with Crippen LogP contribution in [0, 0.1) is 35.0 Å². The highest BCUT2D eigenvalue weighted by Gasteiger charge is 2.50. The van der Waals surface area contributed by atoms with E-state index in [1.165, 1.54) is 12.8 Å². The Morgan fingerprint density at radius 2 is 1.77 bits per heavy atom. The normalized spacial score (nSPS) is 22.2. The van der Waals surface area contributed by atoms with E-state index in [0.717, 1.165) is 24.2 Å². The maximum Gasteiger partial charge on any atom is 0.164 e. The van der Waals surface area contributed by atoms with Crippen molar-refractivity contribution in [3.05, 3.63) is 29.8 Å². The Morgan fingerprint density at radius 1 is 1.06 bits per heavy atom. The number of unbranched alkanes of at least 4 members (excludes halogenated alkanes) is 2. The SMILES string of the molecule is CCCCC[C@H](CC#C[C@H]1OC(C)(C)O[C@@H]([C@@H](C)C#CCO)C1(C)C)OCc1ccc(OC)cc1. The van der Waals surface area contributed by atoms with E-state index in [1.54, 1.807) is 7.11 Å². The van der Waals surface area contributed by atoms with Gasteiger partial charge < -0.3 is 24.1 Å². The van der Waals surface area contributed by atoms with Gasteiger partial charge in [-0.05, 0) is 44.9 Å². The van der Waals surface area contributed by atoms with Gasteiger partial charge in [0.05, 0.1) is 25.9 Å². The summed E-state index contributed by atoms with van der Waals surface area (Å²) in [5.74, 6) is 12.7. The molecule has 0 radical (unpaired) electrons. The number of hydrogen-bond acceptors (Lipinski definition) is 5. The molecule has 0 amide bonds. The van der Waals surface area contributed by atoms with Crippen LogP contribution < -0.4 is 4.74 Å². The van der Waals surface area contributed by atoms with E-state index >= 15 is 0 Å². The minimum atomic E-state index is -0.764. The van der Waals surface area contributed by atoms with Gasteiger partial charge in [-0.1, -0.05) is 75.8 Å². The van der Waals surface area contributed by atoms with Crippen LogP contribution in [0.4, 0.5) is 0 Å². The van der Waals surface area contributed by atoms with E-state index in [1.807, 2.05) is 45.0 Å². The number of methoxy groups -OCH3 is 1. The largest absolute Gasteiger partial charge is 0.497 e. The Hall–Kier alpha value is -2.02. The van der Waals surface area contributed by atoms with Crippen LogP contribution in [0.3, 0.4) is 0 Å². The Bertz CT molecular complexity index is 881. The van der Waals surface area contributed by atoms with Crippen LogP contribution in [0.15, 0.2) is 24.3 Å².